The van der Waals surface area contributed by atoms with Crippen LogP contribution in [0, 0.1) is 0 Å². The van der Waals surface area contributed by atoms with Crippen LogP contribution < -0.4 is 0 Å². The molecule has 0 fully saturated rings. The minimum atomic E-state index is 0.247. The van der Waals surface area contributed by atoms with Gasteiger partial charge in [-0.3, -0.25) is 14.4 Å². The van der Waals surface area contributed by atoms with E-state index >= 15 is 0 Å². The Morgan fingerprint density at radius 3 is 2.62 bits per heavy atom. The van der Waals surface area contributed by atoms with Crippen molar-refractivity contribution >= 4 is 12.8 Å². The van der Waals surface area contributed by atoms with Gasteiger partial charge < -0.3 is 0 Å². The second kappa shape index (κ2) is 4.26. The van der Waals surface area contributed by atoms with Crippen LogP contribution >= 0.6 is 0 Å². The summed E-state index contributed by atoms with van der Waals surface area (Å²) >= 11 is 0. The molecule has 0 rings (SSSR count). The van der Waals surface area contributed by atoms with Crippen molar-refractivity contribution in [3.8, 4) is 0 Å². The Balaban J connectivity index is 3.35. The van der Waals surface area contributed by atoms with Crippen molar-refractivity contribution in [2.45, 2.75) is 6.92 Å². The SMILES string of the molecule is CCON([C]=O)C=O. The molecule has 2 amide bonds. The highest BCUT2D eigenvalue weighted by molar-refractivity contribution is 5.66. The average Bonchev–Trinajstić information content (AvgIpc) is 1.83. The third-order valence-electron chi connectivity index (χ3n) is 0.454. The maximum atomic E-state index is 9.66. The number of hydrogen-bond acceptors (Lipinski definition) is 3. The Labute approximate surface area is 47.0 Å². The van der Waals surface area contributed by atoms with Crippen LogP contribution in [-0.4, -0.2) is 24.5 Å². The van der Waals surface area contributed by atoms with E-state index in [-0.39, 0.29) is 13.0 Å². The molecule has 8 heavy (non-hydrogen) atoms. The Kier molecular flexibility index (Phi) is 3.78. The molecule has 45 valence electrons. The summed E-state index contributed by atoms with van der Waals surface area (Å²) in [7, 11) is 0. The van der Waals surface area contributed by atoms with Gasteiger partial charge in [-0.1, -0.05) is 0 Å². The summed E-state index contributed by atoms with van der Waals surface area (Å²) in [6.07, 6.45) is 1.49. The number of imide groups is 1. The first-order valence-electron chi connectivity index (χ1n) is 2.10. The van der Waals surface area contributed by atoms with Crippen molar-refractivity contribution in [3.05, 3.63) is 0 Å². The highest BCUT2D eigenvalue weighted by Gasteiger charge is 1.94. The maximum Gasteiger partial charge on any atom is 0.345 e. The van der Waals surface area contributed by atoms with Crippen molar-refractivity contribution in [2.24, 2.45) is 0 Å². The summed E-state index contributed by atoms with van der Waals surface area (Å²) in [5.41, 5.74) is 0. The normalized spacial score (nSPS) is 8.12. The Morgan fingerprint density at radius 2 is 2.50 bits per heavy atom. The molecule has 0 saturated heterocycles. The van der Waals surface area contributed by atoms with Gasteiger partial charge in [-0.2, -0.15) is 0 Å². The van der Waals surface area contributed by atoms with Crippen molar-refractivity contribution in [1.82, 2.24) is 5.06 Å². The highest BCUT2D eigenvalue weighted by Crippen LogP contribution is 1.75. The Bertz CT molecular complexity index is 75.4. The first-order chi connectivity index (χ1) is 3.85. The topological polar surface area (TPSA) is 46.6 Å². The molecule has 0 saturated carbocycles. The van der Waals surface area contributed by atoms with Crippen molar-refractivity contribution in [1.29, 1.82) is 0 Å². The lowest BCUT2D eigenvalue weighted by Crippen LogP contribution is -2.19. The number of nitrogens with zero attached hydrogens (tertiary/aromatic N) is 1. The minimum Gasteiger partial charge on any atom is -0.276 e. The van der Waals surface area contributed by atoms with Crippen LogP contribution in [0.15, 0.2) is 0 Å². The predicted octanol–water partition coefficient (Wildman–Crippen LogP) is -0.536. The molecule has 1 radical (unpaired) electrons. The smallest absolute Gasteiger partial charge is 0.276 e. The zero-order chi connectivity index (χ0) is 6.41. The van der Waals surface area contributed by atoms with Crippen LogP contribution in [0.5, 0.6) is 0 Å². The molecule has 0 aliphatic carbocycles. The third kappa shape index (κ3) is 2.30. The molecule has 0 aliphatic rings. The molecule has 0 heterocycles. The lowest BCUT2D eigenvalue weighted by molar-refractivity contribution is -0.147. The summed E-state index contributed by atoms with van der Waals surface area (Å²) in [4.78, 5) is 23.6. The van der Waals surface area contributed by atoms with Gasteiger partial charge in [0.15, 0.2) is 0 Å². The fourth-order valence-corrected chi connectivity index (χ4v) is 0.217. The number of hydroxylamine groups is 2. The monoisotopic (exact) mass is 116 g/mol. The fourth-order valence-electron chi connectivity index (χ4n) is 0.217. The van der Waals surface area contributed by atoms with E-state index in [9.17, 15) is 9.59 Å². The summed E-state index contributed by atoms with van der Waals surface area (Å²) in [6, 6.07) is 0. The molecule has 0 bridgehead atoms. The van der Waals surface area contributed by atoms with Gasteiger partial charge in [0.05, 0.1) is 6.61 Å². The maximum absolute atomic E-state index is 9.66. The van der Waals surface area contributed by atoms with E-state index in [1.807, 2.05) is 0 Å². The van der Waals surface area contributed by atoms with Gasteiger partial charge in [0, 0.05) is 0 Å². The van der Waals surface area contributed by atoms with E-state index in [1.165, 1.54) is 6.41 Å². The first-order valence-corrected chi connectivity index (χ1v) is 2.10. The molecule has 0 spiro atoms. The van der Waals surface area contributed by atoms with E-state index in [4.69, 9.17) is 0 Å². The van der Waals surface area contributed by atoms with Crippen molar-refractivity contribution in [2.75, 3.05) is 6.61 Å². The third-order valence-corrected chi connectivity index (χ3v) is 0.454. The molecule has 0 N–H and O–H groups in total. The van der Waals surface area contributed by atoms with E-state index in [0.29, 0.717) is 5.06 Å². The zero-order valence-electron chi connectivity index (χ0n) is 4.46. The number of amides is 2. The van der Waals surface area contributed by atoms with Gasteiger partial charge >= 0.3 is 6.41 Å². The number of carbonyl (C=O) groups excluding carboxylic acids is 2. The molecule has 4 nitrogen and oxygen atoms in total. The molecule has 0 aromatic rings. The molecular formula is C4H6NO3. The van der Waals surface area contributed by atoms with Gasteiger partial charge in [0.1, 0.15) is 0 Å². The van der Waals surface area contributed by atoms with E-state index in [2.05, 4.69) is 4.84 Å². The van der Waals surface area contributed by atoms with Crippen LogP contribution in [0.2, 0.25) is 0 Å². The molecule has 0 atom stereocenters. The van der Waals surface area contributed by atoms with Crippen LogP contribution in [0.25, 0.3) is 0 Å². The first kappa shape index (κ1) is 7.10. The van der Waals surface area contributed by atoms with Gasteiger partial charge in [-0.25, -0.2) is 0 Å². The quantitative estimate of drug-likeness (QED) is 0.281. The van der Waals surface area contributed by atoms with Gasteiger partial charge in [-0.15, -0.1) is 5.06 Å². The average molecular weight is 116 g/mol. The fraction of sp³-hybridized carbons (Fsp3) is 0.500. The van der Waals surface area contributed by atoms with Crippen LogP contribution in [0.1, 0.15) is 6.92 Å². The molecule has 4 heteroatoms. The lowest BCUT2D eigenvalue weighted by Gasteiger charge is -2.02. The summed E-state index contributed by atoms with van der Waals surface area (Å²) in [6.45, 7) is 1.95. The van der Waals surface area contributed by atoms with E-state index in [1.54, 1.807) is 6.92 Å². The number of rotatable bonds is 4. The van der Waals surface area contributed by atoms with E-state index in [0.717, 1.165) is 0 Å². The number of hydrogen-bond donors (Lipinski definition) is 0. The lowest BCUT2D eigenvalue weighted by atomic mass is 10.9. The largest absolute Gasteiger partial charge is 0.345 e. The minimum absolute atomic E-state index is 0.247. The van der Waals surface area contributed by atoms with Crippen LogP contribution in [0.3, 0.4) is 0 Å². The zero-order valence-corrected chi connectivity index (χ0v) is 4.46. The Morgan fingerprint density at radius 1 is 1.88 bits per heavy atom. The predicted molar refractivity (Wildman–Crippen MR) is 25.2 cm³/mol. The molecular weight excluding hydrogens is 110 g/mol. The molecule has 0 aromatic heterocycles. The second-order valence-corrected chi connectivity index (χ2v) is 0.940. The highest BCUT2D eigenvalue weighted by atomic mass is 16.7. The van der Waals surface area contributed by atoms with Crippen LogP contribution in [-0.2, 0) is 14.4 Å². The van der Waals surface area contributed by atoms with Gasteiger partial charge in [0.25, 0.3) is 0 Å². The summed E-state index contributed by atoms with van der Waals surface area (Å²) < 4.78 is 0. The van der Waals surface area contributed by atoms with Crippen LogP contribution in [0.4, 0.5) is 0 Å². The number of carbonyl (C=O) groups is 1. The van der Waals surface area contributed by atoms with Gasteiger partial charge in [-0.05, 0) is 6.92 Å². The Hall–Kier alpha value is -0.900. The summed E-state index contributed by atoms with van der Waals surface area (Å²) in [5.74, 6) is 0. The van der Waals surface area contributed by atoms with Crippen molar-refractivity contribution in [3.63, 3.8) is 0 Å². The summed E-state index contributed by atoms with van der Waals surface area (Å²) in [5, 5.41) is 0.444. The second-order valence-electron chi connectivity index (χ2n) is 0.940. The molecule has 0 aliphatic heterocycles. The molecule has 0 aromatic carbocycles. The van der Waals surface area contributed by atoms with E-state index < -0.39 is 0 Å². The molecule has 0 unspecified atom stereocenters. The van der Waals surface area contributed by atoms with Gasteiger partial charge in [0.2, 0.25) is 6.41 Å². The van der Waals surface area contributed by atoms with Crippen molar-refractivity contribution < 1.29 is 14.4 Å². The standard InChI is InChI=1S/C4H6NO3/c1-2-8-5(3-6)4-7/h3H,2H2,1H3.